The summed E-state index contributed by atoms with van der Waals surface area (Å²) in [5, 5.41) is 6.10. The molecule has 3 rings (SSSR count). The average Bonchev–Trinajstić information content (AvgIpc) is 3.24. The maximum Gasteiger partial charge on any atom is 0.301 e. The lowest BCUT2D eigenvalue weighted by Gasteiger charge is -2.17. The molecule has 0 radical (unpaired) electrons. The lowest BCUT2D eigenvalue weighted by Crippen LogP contribution is -2.44. The van der Waals surface area contributed by atoms with Crippen molar-refractivity contribution < 1.29 is 13.2 Å². The number of nitrogens with one attached hydrogen (secondary N) is 2. The van der Waals surface area contributed by atoms with Crippen molar-refractivity contribution in [3.05, 3.63) is 52.8 Å². The second-order valence-electron chi connectivity index (χ2n) is 8.03. The smallest absolute Gasteiger partial charge is 0.301 e. The predicted octanol–water partition coefficient (Wildman–Crippen LogP) is 4.26. The van der Waals surface area contributed by atoms with E-state index >= 15 is 0 Å². The summed E-state index contributed by atoms with van der Waals surface area (Å²) in [7, 11) is -2.14. The molecule has 0 saturated carbocycles. The van der Waals surface area contributed by atoms with Crippen LogP contribution in [0.4, 0.5) is 0 Å². The zero-order valence-corrected chi connectivity index (χ0v) is 20.9. The number of fused-ring (bicyclic) bond motifs is 1. The molecule has 178 valence electrons. The van der Waals surface area contributed by atoms with Crippen molar-refractivity contribution >= 4 is 44.7 Å². The molecular weight excluding hydrogens is 462 g/mol. The first-order chi connectivity index (χ1) is 15.6. The summed E-state index contributed by atoms with van der Waals surface area (Å²) in [5.41, 5.74) is 2.35. The van der Waals surface area contributed by atoms with Crippen molar-refractivity contribution in [3.8, 4) is 5.82 Å². The number of carbonyl (C=O) groups excluding carboxylic acids is 1. The van der Waals surface area contributed by atoms with E-state index < -0.39 is 16.1 Å². The summed E-state index contributed by atoms with van der Waals surface area (Å²) in [6.07, 6.45) is 7.84. The van der Waals surface area contributed by atoms with Gasteiger partial charge in [0.15, 0.2) is 0 Å². The SMILES string of the molecule is CCCC(CCC)NS(=O)(=O)NC(=O)C=Cc1c(C)nn(C)c1-n1ccc2cc(Cl)ccc21. The van der Waals surface area contributed by atoms with Gasteiger partial charge in [-0.05, 0) is 50.1 Å². The molecule has 0 aliphatic heterocycles. The van der Waals surface area contributed by atoms with Crippen LogP contribution < -0.4 is 9.44 Å². The maximum absolute atomic E-state index is 12.4. The van der Waals surface area contributed by atoms with Gasteiger partial charge in [0.2, 0.25) is 0 Å². The van der Waals surface area contributed by atoms with Crippen LogP contribution in [0.1, 0.15) is 50.8 Å². The minimum Gasteiger partial charge on any atom is -0.301 e. The van der Waals surface area contributed by atoms with Crippen LogP contribution in [-0.2, 0) is 22.1 Å². The molecule has 0 unspecified atom stereocenters. The van der Waals surface area contributed by atoms with Gasteiger partial charge in [-0.3, -0.25) is 9.48 Å². The van der Waals surface area contributed by atoms with E-state index in [9.17, 15) is 13.2 Å². The van der Waals surface area contributed by atoms with Gasteiger partial charge in [-0.1, -0.05) is 38.3 Å². The third kappa shape index (κ3) is 6.04. The summed E-state index contributed by atoms with van der Waals surface area (Å²) in [6, 6.07) is 7.36. The molecule has 8 nitrogen and oxygen atoms in total. The van der Waals surface area contributed by atoms with E-state index in [0.717, 1.165) is 29.6 Å². The Morgan fingerprint density at radius 1 is 1.21 bits per heavy atom. The number of nitrogens with zero attached hydrogens (tertiary/aromatic N) is 3. The molecule has 0 aliphatic carbocycles. The summed E-state index contributed by atoms with van der Waals surface area (Å²) < 4.78 is 33.1. The molecule has 0 spiro atoms. The highest BCUT2D eigenvalue weighted by molar-refractivity contribution is 7.88. The molecule has 1 amide bonds. The number of halogens is 1. The third-order valence-electron chi connectivity index (χ3n) is 5.35. The van der Waals surface area contributed by atoms with E-state index in [1.807, 2.05) is 62.8 Å². The van der Waals surface area contributed by atoms with Crippen LogP contribution in [0.25, 0.3) is 22.8 Å². The Kier molecular flexibility index (Phi) is 7.99. The number of hydrogen-bond donors (Lipinski definition) is 2. The standard InChI is InChI=1S/C23H30ClN5O3S/c1-5-7-19(8-6-2)26-33(31,32)27-22(30)12-10-20-16(3)25-28(4)23(20)29-14-13-17-15-18(24)9-11-21(17)29/h9-15,19,26H,5-8H2,1-4H3,(H,27,30). The molecule has 0 aliphatic rings. The molecular formula is C23H30ClN5O3S. The predicted molar refractivity (Wildman–Crippen MR) is 133 cm³/mol. The molecule has 1 aromatic carbocycles. The van der Waals surface area contributed by atoms with Gasteiger partial charge in [0.05, 0.1) is 11.2 Å². The Balaban J connectivity index is 1.84. The Morgan fingerprint density at radius 3 is 2.58 bits per heavy atom. The Hall–Kier alpha value is -2.62. The van der Waals surface area contributed by atoms with Gasteiger partial charge in [-0.25, -0.2) is 4.72 Å². The van der Waals surface area contributed by atoms with E-state index in [-0.39, 0.29) is 6.04 Å². The number of rotatable bonds is 10. The van der Waals surface area contributed by atoms with Gasteiger partial charge in [0.25, 0.3) is 5.91 Å². The molecule has 33 heavy (non-hydrogen) atoms. The molecule has 2 N–H and O–H groups in total. The Labute approximate surface area is 199 Å². The van der Waals surface area contributed by atoms with Gasteiger partial charge in [0.1, 0.15) is 5.82 Å². The van der Waals surface area contributed by atoms with E-state index in [2.05, 4.69) is 14.5 Å². The van der Waals surface area contributed by atoms with Gasteiger partial charge in [-0.2, -0.15) is 18.2 Å². The molecule has 3 aromatic rings. The van der Waals surface area contributed by atoms with E-state index in [4.69, 9.17) is 11.6 Å². The lowest BCUT2D eigenvalue weighted by molar-refractivity contribution is -0.114. The highest BCUT2D eigenvalue weighted by Gasteiger charge is 2.19. The molecule has 10 heteroatoms. The summed E-state index contributed by atoms with van der Waals surface area (Å²) in [4.78, 5) is 12.4. The Bertz CT molecular complexity index is 1270. The first-order valence-electron chi connectivity index (χ1n) is 11.0. The maximum atomic E-state index is 12.4. The number of carbonyl (C=O) groups is 1. The molecule has 0 atom stereocenters. The molecule has 2 aromatic heterocycles. The second kappa shape index (κ2) is 10.5. The first-order valence-corrected chi connectivity index (χ1v) is 12.8. The van der Waals surface area contributed by atoms with Gasteiger partial charge in [0, 0.05) is 41.3 Å². The third-order valence-corrected chi connectivity index (χ3v) is 6.70. The topological polar surface area (TPSA) is 98.0 Å². The molecule has 0 fully saturated rings. The van der Waals surface area contributed by atoms with Gasteiger partial charge < -0.3 is 4.57 Å². The first kappa shape index (κ1) is 25.0. The number of aromatic nitrogens is 3. The van der Waals surface area contributed by atoms with Crippen molar-refractivity contribution in [3.63, 3.8) is 0 Å². The van der Waals surface area contributed by atoms with Crippen LogP contribution in [0, 0.1) is 6.92 Å². The van der Waals surface area contributed by atoms with Crippen LogP contribution in [0.15, 0.2) is 36.5 Å². The zero-order chi connectivity index (χ0) is 24.2. The van der Waals surface area contributed by atoms with Crippen molar-refractivity contribution in [2.24, 2.45) is 7.05 Å². The summed E-state index contributed by atoms with van der Waals surface area (Å²) in [6.45, 7) is 5.82. The van der Waals surface area contributed by atoms with E-state index in [1.54, 1.807) is 10.8 Å². The van der Waals surface area contributed by atoms with Crippen LogP contribution in [-0.4, -0.2) is 34.7 Å². The van der Waals surface area contributed by atoms with Crippen LogP contribution in [0.2, 0.25) is 5.02 Å². The highest BCUT2D eigenvalue weighted by Crippen LogP contribution is 2.27. The number of aryl methyl sites for hydroxylation is 2. The summed E-state index contributed by atoms with van der Waals surface area (Å²) >= 11 is 6.11. The van der Waals surface area contributed by atoms with E-state index in [0.29, 0.717) is 29.1 Å². The highest BCUT2D eigenvalue weighted by atomic mass is 35.5. The quantitative estimate of drug-likeness (QED) is 0.414. The van der Waals surface area contributed by atoms with Crippen molar-refractivity contribution in [2.75, 3.05) is 0 Å². The summed E-state index contributed by atoms with van der Waals surface area (Å²) in [5.74, 6) is 0.0217. The van der Waals surface area contributed by atoms with Crippen LogP contribution in [0.3, 0.4) is 0 Å². The second-order valence-corrected chi connectivity index (χ2v) is 9.91. The number of hydrogen-bond acceptors (Lipinski definition) is 4. The normalized spacial score (nSPS) is 12.3. The van der Waals surface area contributed by atoms with Gasteiger partial charge >= 0.3 is 10.2 Å². The molecule has 2 heterocycles. The van der Waals surface area contributed by atoms with Crippen molar-refractivity contribution in [1.29, 1.82) is 0 Å². The van der Waals surface area contributed by atoms with Gasteiger partial charge in [-0.15, -0.1) is 0 Å². The lowest BCUT2D eigenvalue weighted by atomic mass is 10.1. The fraction of sp³-hybridized carbons (Fsp3) is 0.391. The average molecular weight is 492 g/mol. The van der Waals surface area contributed by atoms with Crippen LogP contribution in [0.5, 0.6) is 0 Å². The van der Waals surface area contributed by atoms with Crippen LogP contribution >= 0.6 is 11.6 Å². The monoisotopic (exact) mass is 491 g/mol. The minimum atomic E-state index is -3.96. The number of benzene rings is 1. The Morgan fingerprint density at radius 2 is 1.91 bits per heavy atom. The zero-order valence-electron chi connectivity index (χ0n) is 19.3. The largest absolute Gasteiger partial charge is 0.301 e. The molecule has 0 saturated heterocycles. The fourth-order valence-corrected chi connectivity index (χ4v) is 5.22. The number of amides is 1. The van der Waals surface area contributed by atoms with Crippen molar-refractivity contribution in [2.45, 2.75) is 52.5 Å². The van der Waals surface area contributed by atoms with Crippen molar-refractivity contribution in [1.82, 2.24) is 23.8 Å². The van der Waals surface area contributed by atoms with E-state index in [1.165, 1.54) is 6.08 Å². The minimum absolute atomic E-state index is 0.197. The fourth-order valence-electron chi connectivity index (χ4n) is 3.97. The molecule has 0 bridgehead atoms.